The van der Waals surface area contributed by atoms with Crippen molar-refractivity contribution < 1.29 is 4.42 Å². The topological polar surface area (TPSA) is 38.9 Å². The predicted octanol–water partition coefficient (Wildman–Crippen LogP) is 9.41. The molecule has 154 valence electrons. The van der Waals surface area contributed by atoms with E-state index < -0.39 is 0 Å². The molecule has 0 aliphatic rings. The first-order valence-corrected chi connectivity index (χ1v) is 14.2. The van der Waals surface area contributed by atoms with Gasteiger partial charge in [-0.25, -0.2) is 0 Å². The first-order chi connectivity index (χ1) is 13.6. The molecule has 3 aromatic rings. The summed E-state index contributed by atoms with van der Waals surface area (Å²) >= 11 is 12.4. The Morgan fingerprint density at radius 3 is 2.54 bits per heavy atom. The highest BCUT2D eigenvalue weighted by molar-refractivity contribution is 9.12. The van der Waals surface area contributed by atoms with Crippen molar-refractivity contribution in [3.63, 3.8) is 0 Å². The molecule has 0 amide bonds. The van der Waals surface area contributed by atoms with E-state index in [9.17, 15) is 0 Å². The van der Waals surface area contributed by atoms with Gasteiger partial charge in [0, 0.05) is 11.1 Å². The minimum Gasteiger partial charge on any atom is -0.410 e. The van der Waals surface area contributed by atoms with E-state index in [0.717, 1.165) is 24.1 Å². The van der Waals surface area contributed by atoms with E-state index in [1.807, 2.05) is 0 Å². The maximum Gasteiger partial charge on any atom is 0.276 e. The number of halogens is 2. The second kappa shape index (κ2) is 11.5. The van der Waals surface area contributed by atoms with Crippen LogP contribution in [0.1, 0.15) is 65.2 Å². The molecule has 0 aliphatic carbocycles. The highest BCUT2D eigenvalue weighted by Crippen LogP contribution is 2.46. The first kappa shape index (κ1) is 22.8. The SMILES string of the molecule is CCCCCCC(CCCC)CSc1nnc(-c2cc3c(Br)sc(Br)c3s2)o1. The number of rotatable bonds is 12. The highest BCUT2D eigenvalue weighted by atomic mass is 79.9. The van der Waals surface area contributed by atoms with Crippen LogP contribution in [0.3, 0.4) is 0 Å². The van der Waals surface area contributed by atoms with Crippen LogP contribution in [-0.2, 0) is 0 Å². The van der Waals surface area contributed by atoms with Crippen LogP contribution in [0, 0.1) is 5.92 Å². The van der Waals surface area contributed by atoms with Crippen molar-refractivity contribution in [2.45, 2.75) is 70.4 Å². The molecule has 0 spiro atoms. The van der Waals surface area contributed by atoms with E-state index in [4.69, 9.17) is 4.42 Å². The fourth-order valence-electron chi connectivity index (χ4n) is 3.19. The first-order valence-electron chi connectivity index (χ1n) is 9.96. The molecule has 3 rings (SSSR count). The van der Waals surface area contributed by atoms with Crippen molar-refractivity contribution in [3.05, 3.63) is 13.6 Å². The van der Waals surface area contributed by atoms with Gasteiger partial charge in [-0.2, -0.15) is 0 Å². The van der Waals surface area contributed by atoms with E-state index in [1.54, 1.807) is 34.4 Å². The molecule has 0 bridgehead atoms. The zero-order chi connectivity index (χ0) is 19.9. The van der Waals surface area contributed by atoms with Gasteiger partial charge in [-0.3, -0.25) is 0 Å². The molecule has 0 radical (unpaired) electrons. The molecule has 1 unspecified atom stereocenters. The van der Waals surface area contributed by atoms with Crippen LogP contribution in [-0.4, -0.2) is 16.0 Å². The number of aromatic nitrogens is 2. The standard InChI is InChI=1S/C20H26Br2N2OS3/c1-3-5-7-8-10-13(9-6-4-2)12-26-20-24-23-19(25-20)15-11-14-16(27-15)18(22)28-17(14)21/h11,13H,3-10,12H2,1-2H3. The number of fused-ring (bicyclic) bond motifs is 1. The lowest BCUT2D eigenvalue weighted by atomic mass is 9.97. The average Bonchev–Trinajstić information content (AvgIpc) is 3.38. The molecule has 0 aromatic carbocycles. The lowest BCUT2D eigenvalue weighted by molar-refractivity contribution is 0.443. The van der Waals surface area contributed by atoms with Crippen LogP contribution in [0.25, 0.3) is 20.9 Å². The Morgan fingerprint density at radius 1 is 1.00 bits per heavy atom. The summed E-state index contributed by atoms with van der Waals surface area (Å²) in [6.07, 6.45) is 10.5. The third-order valence-corrected chi connectivity index (χ3v) is 9.95. The number of unbranched alkanes of at least 4 members (excludes halogenated alkanes) is 4. The Labute approximate surface area is 196 Å². The fraction of sp³-hybridized carbons (Fsp3) is 0.600. The van der Waals surface area contributed by atoms with E-state index in [2.05, 4.69) is 62.0 Å². The number of thiophene rings is 2. The van der Waals surface area contributed by atoms with Crippen molar-refractivity contribution in [2.75, 3.05) is 5.75 Å². The van der Waals surface area contributed by atoms with Crippen LogP contribution in [0.5, 0.6) is 0 Å². The Balaban J connectivity index is 1.59. The summed E-state index contributed by atoms with van der Waals surface area (Å²) in [5, 5.41) is 10.5. The predicted molar refractivity (Wildman–Crippen MR) is 131 cm³/mol. The molecule has 3 nitrogen and oxygen atoms in total. The molecule has 0 aliphatic heterocycles. The molecule has 3 aromatic heterocycles. The van der Waals surface area contributed by atoms with Crippen LogP contribution in [0.4, 0.5) is 0 Å². The molecule has 0 saturated carbocycles. The summed E-state index contributed by atoms with van der Waals surface area (Å²) in [5.74, 6) is 2.45. The molecule has 0 N–H and O–H groups in total. The second-order valence-corrected chi connectivity index (χ2v) is 12.7. The Bertz CT molecular complexity index is 840. The number of thioether (sulfide) groups is 1. The van der Waals surface area contributed by atoms with E-state index in [0.29, 0.717) is 11.1 Å². The number of hydrogen-bond acceptors (Lipinski definition) is 6. The zero-order valence-electron chi connectivity index (χ0n) is 16.3. The van der Waals surface area contributed by atoms with Crippen molar-refractivity contribution in [2.24, 2.45) is 5.92 Å². The smallest absolute Gasteiger partial charge is 0.276 e. The average molecular weight is 566 g/mol. The molecular formula is C20H26Br2N2OS3. The summed E-state index contributed by atoms with van der Waals surface area (Å²) in [7, 11) is 0. The van der Waals surface area contributed by atoms with Gasteiger partial charge in [-0.05, 0) is 56.7 Å². The maximum atomic E-state index is 5.97. The summed E-state index contributed by atoms with van der Waals surface area (Å²) < 4.78 is 9.47. The van der Waals surface area contributed by atoms with Crippen molar-refractivity contribution in [1.29, 1.82) is 0 Å². The minimum atomic E-state index is 0.626. The van der Waals surface area contributed by atoms with Gasteiger partial charge in [0.2, 0.25) is 0 Å². The maximum absolute atomic E-state index is 5.97. The van der Waals surface area contributed by atoms with Crippen molar-refractivity contribution in [1.82, 2.24) is 10.2 Å². The van der Waals surface area contributed by atoms with Crippen LogP contribution >= 0.6 is 66.3 Å². The molecule has 1 atom stereocenters. The zero-order valence-corrected chi connectivity index (χ0v) is 21.9. The third kappa shape index (κ3) is 6.06. The third-order valence-electron chi connectivity index (χ3n) is 4.79. The summed E-state index contributed by atoms with van der Waals surface area (Å²) in [6, 6.07) is 2.13. The summed E-state index contributed by atoms with van der Waals surface area (Å²) in [5.41, 5.74) is 0. The van der Waals surface area contributed by atoms with Gasteiger partial charge in [0.25, 0.3) is 11.1 Å². The second-order valence-electron chi connectivity index (χ2n) is 7.04. The summed E-state index contributed by atoms with van der Waals surface area (Å²) in [6.45, 7) is 4.54. The van der Waals surface area contributed by atoms with Gasteiger partial charge in [0.05, 0.1) is 17.1 Å². The van der Waals surface area contributed by atoms with E-state index >= 15 is 0 Å². The van der Waals surface area contributed by atoms with Gasteiger partial charge in [0.15, 0.2) is 0 Å². The largest absolute Gasteiger partial charge is 0.410 e. The van der Waals surface area contributed by atoms with Crippen molar-refractivity contribution in [3.8, 4) is 10.8 Å². The summed E-state index contributed by atoms with van der Waals surface area (Å²) in [4.78, 5) is 1.03. The normalized spacial score (nSPS) is 12.9. The van der Waals surface area contributed by atoms with Gasteiger partial charge < -0.3 is 4.42 Å². The molecule has 8 heteroatoms. The number of hydrogen-bond donors (Lipinski definition) is 0. The molecule has 3 heterocycles. The van der Waals surface area contributed by atoms with Gasteiger partial charge in [-0.1, -0.05) is 64.1 Å². The van der Waals surface area contributed by atoms with Gasteiger partial charge >= 0.3 is 0 Å². The van der Waals surface area contributed by atoms with Crippen LogP contribution < -0.4 is 0 Å². The molecule has 0 fully saturated rings. The van der Waals surface area contributed by atoms with Crippen LogP contribution in [0.15, 0.2) is 23.3 Å². The molecule has 0 saturated heterocycles. The lowest BCUT2D eigenvalue weighted by Gasteiger charge is -2.15. The highest BCUT2D eigenvalue weighted by Gasteiger charge is 2.18. The van der Waals surface area contributed by atoms with Crippen LogP contribution in [0.2, 0.25) is 0 Å². The molecule has 28 heavy (non-hydrogen) atoms. The Morgan fingerprint density at radius 2 is 1.79 bits per heavy atom. The number of nitrogens with zero attached hydrogens (tertiary/aromatic N) is 2. The monoisotopic (exact) mass is 564 g/mol. The molecular weight excluding hydrogens is 540 g/mol. The minimum absolute atomic E-state index is 0.626. The Kier molecular flexibility index (Phi) is 9.35. The Hall–Kier alpha value is 0.110. The van der Waals surface area contributed by atoms with E-state index in [-0.39, 0.29) is 0 Å². The quantitative estimate of drug-likeness (QED) is 0.162. The van der Waals surface area contributed by atoms with Gasteiger partial charge in [-0.15, -0.1) is 32.9 Å². The van der Waals surface area contributed by atoms with E-state index in [1.165, 1.54) is 61.5 Å². The lowest BCUT2D eigenvalue weighted by Crippen LogP contribution is -2.04. The fourth-order valence-corrected chi connectivity index (χ4v) is 8.52. The van der Waals surface area contributed by atoms with Gasteiger partial charge in [0.1, 0.15) is 0 Å². The van der Waals surface area contributed by atoms with Crippen molar-refractivity contribution >= 4 is 76.4 Å².